The van der Waals surface area contributed by atoms with Crippen LogP contribution >= 0.6 is 0 Å². The topological polar surface area (TPSA) is 115 Å². The van der Waals surface area contributed by atoms with Crippen molar-refractivity contribution in [2.45, 2.75) is 41.5 Å². The van der Waals surface area contributed by atoms with Gasteiger partial charge in [0.15, 0.2) is 0 Å². The van der Waals surface area contributed by atoms with Crippen LogP contribution in [0.1, 0.15) is 41.5 Å². The van der Waals surface area contributed by atoms with E-state index in [0.717, 1.165) is 0 Å². The van der Waals surface area contributed by atoms with Gasteiger partial charge in [0.05, 0.1) is 12.3 Å². The van der Waals surface area contributed by atoms with Crippen LogP contribution in [0.25, 0.3) is 0 Å². The number of hydrogen-bond acceptors (Lipinski definition) is 9. The molecule has 0 saturated heterocycles. The molecule has 0 radical (unpaired) electrons. The van der Waals surface area contributed by atoms with E-state index in [9.17, 15) is 14.4 Å². The zero-order valence-corrected chi connectivity index (χ0v) is 20.7. The van der Waals surface area contributed by atoms with Gasteiger partial charge in [0.1, 0.15) is 0 Å². The Labute approximate surface area is 179 Å². The average molecular weight is 467 g/mol. The number of hydrogen-bond donors (Lipinski definition) is 0. The first-order valence-electron chi connectivity index (χ1n) is 10.3. The first-order chi connectivity index (χ1) is 14.3. The summed E-state index contributed by atoms with van der Waals surface area (Å²) in [6.45, 7) is 12.6. The van der Waals surface area contributed by atoms with Crippen molar-refractivity contribution in [3.63, 3.8) is 0 Å². The maximum atomic E-state index is 13.0. The van der Waals surface area contributed by atoms with Crippen LogP contribution in [0.4, 0.5) is 4.79 Å². The van der Waals surface area contributed by atoms with Crippen LogP contribution in [0.5, 0.6) is 0 Å². The van der Waals surface area contributed by atoms with Gasteiger partial charge >= 0.3 is 34.8 Å². The third kappa shape index (κ3) is 6.91. The summed E-state index contributed by atoms with van der Waals surface area (Å²) in [7, 11) is -6.68. The summed E-state index contributed by atoms with van der Waals surface area (Å²) in [5.41, 5.74) is -1.73. The lowest BCUT2D eigenvalue weighted by Crippen LogP contribution is -2.63. The van der Waals surface area contributed by atoms with Crippen molar-refractivity contribution in [1.29, 1.82) is 0 Å². The monoisotopic (exact) mass is 466 g/mol. The molecule has 0 bridgehead atoms. The number of nitrogens with zero attached hydrogens (tertiary/aromatic N) is 2. The summed E-state index contributed by atoms with van der Waals surface area (Å²) in [4.78, 5) is 37.5. The predicted octanol–water partition coefficient (Wildman–Crippen LogP) is 0.529. The minimum Gasteiger partial charge on any atom is -0.373 e. The molecule has 0 aliphatic carbocycles. The Morgan fingerprint density at radius 2 is 0.933 bits per heavy atom. The van der Waals surface area contributed by atoms with Gasteiger partial charge in [0.2, 0.25) is 0 Å². The zero-order chi connectivity index (χ0) is 22.8. The molecule has 0 N–H and O–H groups in total. The molecule has 1 amide bonds. The van der Waals surface area contributed by atoms with Crippen LogP contribution in [0.2, 0.25) is 0 Å². The summed E-state index contributed by atoms with van der Waals surface area (Å²) in [5, 5.41) is 0. The molecular formula is C17H34N2O9Si2. The first kappa shape index (κ1) is 26.8. The SMILES string of the molecule is CCO[Si](CN(C[Si](OCC)(OCC)OCC)C(=O)n1c(=O)c1=O)(OCC)OCC. The van der Waals surface area contributed by atoms with E-state index in [1.54, 1.807) is 41.5 Å². The van der Waals surface area contributed by atoms with Gasteiger partial charge < -0.3 is 31.5 Å². The number of aromatic nitrogens is 1. The Morgan fingerprint density at radius 1 is 0.667 bits per heavy atom. The average Bonchev–Trinajstić information content (AvgIpc) is 3.28. The molecule has 0 fully saturated rings. The maximum absolute atomic E-state index is 13.0. The summed E-state index contributed by atoms with van der Waals surface area (Å²) >= 11 is 0. The molecule has 1 heterocycles. The molecule has 0 spiro atoms. The molecule has 1 aromatic heterocycles. The number of amides is 1. The molecule has 0 atom stereocenters. The largest absolute Gasteiger partial charge is 0.521 e. The summed E-state index contributed by atoms with van der Waals surface area (Å²) in [6.07, 6.45) is -0.166. The first-order valence-corrected chi connectivity index (χ1v) is 14.2. The highest BCUT2D eigenvalue weighted by Crippen LogP contribution is 2.18. The highest BCUT2D eigenvalue weighted by atomic mass is 28.4. The smallest absolute Gasteiger partial charge is 0.373 e. The quantitative estimate of drug-likeness (QED) is 0.254. The van der Waals surface area contributed by atoms with Gasteiger partial charge in [-0.2, -0.15) is 4.57 Å². The van der Waals surface area contributed by atoms with Crippen molar-refractivity contribution in [2.75, 3.05) is 52.0 Å². The van der Waals surface area contributed by atoms with E-state index in [1.807, 2.05) is 0 Å². The second-order valence-electron chi connectivity index (χ2n) is 6.05. The molecule has 174 valence electrons. The van der Waals surface area contributed by atoms with Crippen LogP contribution < -0.4 is 11.1 Å². The van der Waals surface area contributed by atoms with Gasteiger partial charge in [-0.05, 0) is 41.5 Å². The van der Waals surface area contributed by atoms with Crippen molar-refractivity contribution < 1.29 is 31.4 Å². The van der Waals surface area contributed by atoms with Crippen molar-refractivity contribution in [1.82, 2.24) is 9.47 Å². The third-order valence-electron chi connectivity index (χ3n) is 3.96. The van der Waals surface area contributed by atoms with E-state index in [0.29, 0.717) is 44.2 Å². The fraction of sp³-hybridized carbons (Fsp3) is 0.824. The van der Waals surface area contributed by atoms with Crippen molar-refractivity contribution in [3.05, 3.63) is 20.7 Å². The summed E-state index contributed by atoms with van der Waals surface area (Å²) in [6, 6.07) is -0.794. The van der Waals surface area contributed by atoms with Gasteiger partial charge in [-0.1, -0.05) is 0 Å². The van der Waals surface area contributed by atoms with E-state index >= 15 is 0 Å². The number of rotatable bonds is 16. The molecule has 11 nitrogen and oxygen atoms in total. The van der Waals surface area contributed by atoms with Gasteiger partial charge in [0.25, 0.3) is 0 Å². The second kappa shape index (κ2) is 12.6. The zero-order valence-electron chi connectivity index (χ0n) is 18.7. The van der Waals surface area contributed by atoms with E-state index in [1.165, 1.54) is 4.90 Å². The molecule has 0 aliphatic rings. The lowest BCUT2D eigenvalue weighted by Gasteiger charge is -2.37. The highest BCUT2D eigenvalue weighted by molar-refractivity contribution is 6.63. The van der Waals surface area contributed by atoms with Crippen molar-refractivity contribution in [3.8, 4) is 0 Å². The van der Waals surface area contributed by atoms with Crippen LogP contribution in [0.15, 0.2) is 9.59 Å². The Bertz CT molecular complexity index is 633. The molecule has 0 saturated carbocycles. The van der Waals surface area contributed by atoms with Gasteiger partial charge in [-0.3, -0.25) is 9.59 Å². The second-order valence-corrected chi connectivity index (χ2v) is 11.1. The molecular weight excluding hydrogens is 432 g/mol. The van der Waals surface area contributed by atoms with E-state index in [2.05, 4.69) is 0 Å². The highest BCUT2D eigenvalue weighted by Gasteiger charge is 2.50. The molecule has 1 aromatic rings. The van der Waals surface area contributed by atoms with Crippen LogP contribution in [-0.4, -0.2) is 85.1 Å². The predicted molar refractivity (Wildman–Crippen MR) is 113 cm³/mol. The molecule has 1 rings (SSSR count). The minimum atomic E-state index is -3.34. The van der Waals surface area contributed by atoms with Crippen molar-refractivity contribution in [2.24, 2.45) is 0 Å². The third-order valence-corrected chi connectivity index (χ3v) is 9.86. The lowest BCUT2D eigenvalue weighted by molar-refractivity contribution is 0.0472. The van der Waals surface area contributed by atoms with Gasteiger partial charge in [-0.25, -0.2) is 4.79 Å². The van der Waals surface area contributed by atoms with E-state index < -0.39 is 34.8 Å². The van der Waals surface area contributed by atoms with Crippen molar-refractivity contribution >= 4 is 23.6 Å². The fourth-order valence-electron chi connectivity index (χ4n) is 2.95. The van der Waals surface area contributed by atoms with Gasteiger partial charge in [0, 0.05) is 39.6 Å². The number of carbonyl (C=O) groups is 1. The molecule has 0 aromatic carbocycles. The summed E-state index contributed by atoms with van der Waals surface area (Å²) in [5.74, 6) is 0. The fourth-order valence-corrected chi connectivity index (χ4v) is 8.29. The molecule has 30 heavy (non-hydrogen) atoms. The Hall–Kier alpha value is -1.20. The van der Waals surface area contributed by atoms with Crippen LogP contribution in [0, 0.1) is 0 Å². The van der Waals surface area contributed by atoms with E-state index in [-0.39, 0.29) is 12.3 Å². The molecule has 13 heteroatoms. The van der Waals surface area contributed by atoms with Crippen LogP contribution in [-0.2, 0) is 26.6 Å². The number of carbonyl (C=O) groups excluding carboxylic acids is 1. The Kier molecular flexibility index (Phi) is 11.3. The van der Waals surface area contributed by atoms with Gasteiger partial charge in [-0.15, -0.1) is 0 Å². The Balaban J connectivity index is 3.35. The minimum absolute atomic E-state index is 0.0830. The molecule has 0 aliphatic heterocycles. The Morgan fingerprint density at radius 3 is 1.13 bits per heavy atom. The lowest BCUT2D eigenvalue weighted by atomic mass is 10.8. The normalized spacial score (nSPS) is 12.6. The van der Waals surface area contributed by atoms with Crippen LogP contribution in [0.3, 0.4) is 0 Å². The summed E-state index contributed by atoms with van der Waals surface area (Å²) < 4.78 is 35.6. The standard InChI is InChI=1S/C17H34N2O9Si2/c1-7-23-29(24-8-2,25-9-3)13-18(17(22)19-15(20)16(19)21)14-30(26-10-4,27-11-5)28-12-6/h7-14H2,1-6H3. The maximum Gasteiger partial charge on any atom is 0.521 e. The molecule has 0 unspecified atom stereocenters. The van der Waals surface area contributed by atoms with E-state index in [4.69, 9.17) is 26.6 Å².